The van der Waals surface area contributed by atoms with Gasteiger partial charge in [-0.25, -0.2) is 0 Å². The minimum absolute atomic E-state index is 0.146. The number of quaternary nitrogens is 1. The molecule has 0 aliphatic rings. The van der Waals surface area contributed by atoms with E-state index in [1.54, 1.807) is 11.3 Å². The lowest BCUT2D eigenvalue weighted by molar-refractivity contribution is -0.674. The fraction of sp³-hybridized carbons (Fsp3) is 0.240. The molecule has 5 heteroatoms. The van der Waals surface area contributed by atoms with Gasteiger partial charge in [-0.1, -0.05) is 42.5 Å². The van der Waals surface area contributed by atoms with Crippen LogP contribution in [0.25, 0.3) is 10.9 Å². The first-order chi connectivity index (χ1) is 14.7. The molecular weight excluding hydrogens is 390 g/mol. The lowest BCUT2D eigenvalue weighted by Gasteiger charge is -2.24. The summed E-state index contributed by atoms with van der Waals surface area (Å²) < 4.78 is 0. The van der Waals surface area contributed by atoms with Crippen molar-refractivity contribution in [2.45, 2.75) is 25.8 Å². The van der Waals surface area contributed by atoms with Gasteiger partial charge in [0.05, 0.1) is 12.5 Å². The normalized spacial score (nSPS) is 13.3. The van der Waals surface area contributed by atoms with Gasteiger partial charge in [0.1, 0.15) is 0 Å². The van der Waals surface area contributed by atoms with Gasteiger partial charge in [-0.05, 0) is 49.1 Å². The molecule has 1 amide bonds. The van der Waals surface area contributed by atoms with Crippen molar-refractivity contribution in [1.29, 1.82) is 0 Å². The monoisotopic (exact) mass is 418 g/mol. The smallest absolute Gasteiger partial charge is 0.284 e. The highest BCUT2D eigenvalue weighted by molar-refractivity contribution is 7.10. The first kappa shape index (κ1) is 20.4. The molecule has 154 valence electrons. The quantitative estimate of drug-likeness (QED) is 0.439. The maximum absolute atomic E-state index is 13.2. The number of carbonyl (C=O) groups is 1. The zero-order chi connectivity index (χ0) is 20.9. The number of nitrogens with zero attached hydrogens (tertiary/aromatic N) is 1. The molecule has 0 radical (unpaired) electrons. The van der Waals surface area contributed by atoms with Crippen molar-refractivity contribution >= 4 is 33.8 Å². The largest absolute Gasteiger partial charge is 0.361 e. The van der Waals surface area contributed by atoms with E-state index in [2.05, 4.69) is 58.3 Å². The minimum Gasteiger partial charge on any atom is -0.361 e. The molecule has 2 aromatic heterocycles. The average Bonchev–Trinajstić information content (AvgIpc) is 3.46. The highest BCUT2D eigenvalue weighted by Crippen LogP contribution is 2.32. The van der Waals surface area contributed by atoms with Crippen LogP contribution in [0.3, 0.4) is 0 Å². The van der Waals surface area contributed by atoms with Crippen LogP contribution in [0, 0.1) is 0 Å². The van der Waals surface area contributed by atoms with Crippen LogP contribution in [0.15, 0.2) is 78.3 Å². The summed E-state index contributed by atoms with van der Waals surface area (Å²) in [5.41, 5.74) is 3.40. The second-order valence-electron chi connectivity index (χ2n) is 7.54. The van der Waals surface area contributed by atoms with Crippen LogP contribution in [-0.4, -0.2) is 30.0 Å². The van der Waals surface area contributed by atoms with Gasteiger partial charge in [0.2, 0.25) is 0 Å². The fourth-order valence-electron chi connectivity index (χ4n) is 4.03. The maximum Gasteiger partial charge on any atom is 0.284 e. The Kier molecular flexibility index (Phi) is 6.31. The van der Waals surface area contributed by atoms with Crippen LogP contribution in [0.2, 0.25) is 0 Å². The Morgan fingerprint density at radius 2 is 1.83 bits per heavy atom. The first-order valence-electron chi connectivity index (χ1n) is 10.5. The number of nitrogens with two attached hydrogens (primary N) is 1. The fourth-order valence-corrected chi connectivity index (χ4v) is 4.89. The number of aromatic nitrogens is 1. The summed E-state index contributed by atoms with van der Waals surface area (Å²) in [7, 11) is 0. The van der Waals surface area contributed by atoms with E-state index in [-0.39, 0.29) is 17.9 Å². The Labute approximate surface area is 181 Å². The SMILES string of the molecule is CCN(C(=O)[C@H](C)[NH2+]C[C@H](c1cccs1)c1c[nH]c2ccccc12)c1ccccc1. The average molecular weight is 419 g/mol. The van der Waals surface area contributed by atoms with E-state index in [1.165, 1.54) is 15.8 Å². The van der Waals surface area contributed by atoms with Crippen LogP contribution in [0.1, 0.15) is 30.2 Å². The van der Waals surface area contributed by atoms with E-state index in [9.17, 15) is 4.79 Å². The summed E-state index contributed by atoms with van der Waals surface area (Å²) >= 11 is 1.78. The predicted molar refractivity (Wildman–Crippen MR) is 125 cm³/mol. The van der Waals surface area contributed by atoms with Gasteiger partial charge in [-0.15, -0.1) is 11.3 Å². The van der Waals surface area contributed by atoms with Crippen molar-refractivity contribution in [2.24, 2.45) is 0 Å². The van der Waals surface area contributed by atoms with E-state index >= 15 is 0 Å². The number of aromatic amines is 1. The molecule has 0 saturated heterocycles. The van der Waals surface area contributed by atoms with Gasteiger partial charge in [-0.2, -0.15) is 0 Å². The molecule has 30 heavy (non-hydrogen) atoms. The lowest BCUT2D eigenvalue weighted by atomic mass is 9.96. The van der Waals surface area contributed by atoms with Crippen LogP contribution >= 0.6 is 11.3 Å². The van der Waals surface area contributed by atoms with E-state index in [1.807, 2.05) is 49.1 Å². The zero-order valence-corrected chi connectivity index (χ0v) is 18.2. The molecule has 0 spiro atoms. The van der Waals surface area contributed by atoms with Gasteiger partial charge >= 0.3 is 0 Å². The highest BCUT2D eigenvalue weighted by atomic mass is 32.1. The molecular formula is C25H28N3OS+. The molecule has 0 saturated carbocycles. The molecule has 4 nitrogen and oxygen atoms in total. The molecule has 0 fully saturated rings. The molecule has 0 bridgehead atoms. The minimum atomic E-state index is -0.155. The van der Waals surface area contributed by atoms with Crippen molar-refractivity contribution in [3.05, 3.63) is 88.7 Å². The van der Waals surface area contributed by atoms with Crippen molar-refractivity contribution < 1.29 is 10.1 Å². The third-order valence-electron chi connectivity index (χ3n) is 5.65. The van der Waals surface area contributed by atoms with E-state index in [4.69, 9.17) is 0 Å². The van der Waals surface area contributed by atoms with Gasteiger partial charge in [-0.3, -0.25) is 4.79 Å². The van der Waals surface area contributed by atoms with Crippen molar-refractivity contribution in [1.82, 2.24) is 4.98 Å². The number of para-hydroxylation sites is 2. The second kappa shape index (κ2) is 9.28. The van der Waals surface area contributed by atoms with Crippen LogP contribution in [-0.2, 0) is 4.79 Å². The molecule has 0 aliphatic carbocycles. The number of benzene rings is 2. The van der Waals surface area contributed by atoms with Gasteiger partial charge in [0.25, 0.3) is 5.91 Å². The molecule has 2 aromatic carbocycles. The molecule has 3 N–H and O–H groups in total. The van der Waals surface area contributed by atoms with Gasteiger partial charge in [0.15, 0.2) is 6.04 Å². The standard InChI is InChI=1S/C25H27N3OS/c1-3-28(19-10-5-4-6-11-19)25(29)18(2)26-17-22(24-14-9-15-30-24)21-16-27-23-13-8-7-12-20(21)23/h4-16,18,22,26-27H,3,17H2,1-2H3/p+1/t18-,22-/m0/s1. The molecule has 2 atom stereocenters. The summed E-state index contributed by atoms with van der Waals surface area (Å²) in [5, 5.41) is 5.56. The Hall–Kier alpha value is -2.89. The summed E-state index contributed by atoms with van der Waals surface area (Å²) in [6.45, 7) is 5.52. The predicted octanol–water partition coefficient (Wildman–Crippen LogP) is 4.37. The van der Waals surface area contributed by atoms with E-state index < -0.39 is 0 Å². The van der Waals surface area contributed by atoms with Gasteiger partial charge in [0, 0.05) is 34.2 Å². The molecule has 4 aromatic rings. The number of fused-ring (bicyclic) bond motifs is 1. The molecule has 4 rings (SSSR count). The Morgan fingerprint density at radius 1 is 1.07 bits per heavy atom. The number of H-pyrrole nitrogens is 1. The summed E-state index contributed by atoms with van der Waals surface area (Å²) in [4.78, 5) is 19.8. The molecule has 0 unspecified atom stereocenters. The van der Waals surface area contributed by atoms with Crippen LogP contribution < -0.4 is 10.2 Å². The van der Waals surface area contributed by atoms with Crippen molar-refractivity contribution in [2.75, 3.05) is 18.0 Å². The molecule has 2 heterocycles. The number of carbonyl (C=O) groups excluding carboxylic acids is 1. The van der Waals surface area contributed by atoms with E-state index in [0.29, 0.717) is 6.54 Å². The Bertz CT molecular complexity index is 1090. The number of hydrogen-bond donors (Lipinski definition) is 2. The van der Waals surface area contributed by atoms with Crippen molar-refractivity contribution in [3.8, 4) is 0 Å². The Morgan fingerprint density at radius 3 is 2.57 bits per heavy atom. The number of likely N-dealkylation sites (N-methyl/N-ethyl adjacent to an activating group) is 1. The summed E-state index contributed by atoms with van der Waals surface area (Å²) in [6, 6.07) is 22.5. The van der Waals surface area contributed by atoms with Gasteiger partial charge < -0.3 is 15.2 Å². The van der Waals surface area contributed by atoms with Crippen molar-refractivity contribution in [3.63, 3.8) is 0 Å². The maximum atomic E-state index is 13.2. The number of rotatable bonds is 8. The third-order valence-corrected chi connectivity index (χ3v) is 6.63. The second-order valence-corrected chi connectivity index (χ2v) is 8.52. The molecule has 0 aliphatic heterocycles. The first-order valence-corrected chi connectivity index (χ1v) is 11.4. The third kappa shape index (κ3) is 4.18. The number of hydrogen-bond acceptors (Lipinski definition) is 2. The number of anilines is 1. The van der Waals surface area contributed by atoms with E-state index in [0.717, 1.165) is 17.7 Å². The van der Waals surface area contributed by atoms with Crippen LogP contribution in [0.4, 0.5) is 5.69 Å². The topological polar surface area (TPSA) is 52.7 Å². The van der Waals surface area contributed by atoms with Crippen LogP contribution in [0.5, 0.6) is 0 Å². The zero-order valence-electron chi connectivity index (χ0n) is 17.4. The lowest BCUT2D eigenvalue weighted by Crippen LogP contribution is -2.92. The Balaban J connectivity index is 1.53. The summed E-state index contributed by atoms with van der Waals surface area (Å²) in [5.74, 6) is 0.385. The summed E-state index contributed by atoms with van der Waals surface area (Å²) in [6.07, 6.45) is 2.12. The number of amides is 1. The number of thiophene rings is 1. The number of nitrogens with one attached hydrogen (secondary N) is 1. The highest BCUT2D eigenvalue weighted by Gasteiger charge is 2.27.